The highest BCUT2D eigenvalue weighted by Gasteiger charge is 2.13. The summed E-state index contributed by atoms with van der Waals surface area (Å²) in [6.45, 7) is -2.38. The number of anilines is 1. The fraction of sp³-hybridized carbons (Fsp3) is 0.0952. The van der Waals surface area contributed by atoms with Crippen molar-refractivity contribution in [3.8, 4) is 17.0 Å². The highest BCUT2D eigenvalue weighted by Crippen LogP contribution is 2.22. The third-order valence-electron chi connectivity index (χ3n) is 4.32. The summed E-state index contributed by atoms with van der Waals surface area (Å²) in [6.07, 6.45) is 3.25. The van der Waals surface area contributed by atoms with Crippen molar-refractivity contribution >= 4 is 23.2 Å². The second kappa shape index (κ2) is 8.97. The summed E-state index contributed by atoms with van der Waals surface area (Å²) in [6, 6.07) is 15.0. The fourth-order valence-electron chi connectivity index (χ4n) is 2.93. The number of hydrogen-bond donors (Lipinski definition) is 2. The van der Waals surface area contributed by atoms with Gasteiger partial charge in [-0.3, -0.25) is 14.6 Å². The smallest absolute Gasteiger partial charge is 0.387 e. The van der Waals surface area contributed by atoms with Crippen LogP contribution in [0.5, 0.6) is 5.75 Å². The number of amides is 1. The van der Waals surface area contributed by atoms with Crippen LogP contribution in [-0.2, 0) is 6.54 Å². The molecule has 1 amide bonds. The summed E-state index contributed by atoms with van der Waals surface area (Å²) in [4.78, 5) is 12.5. The maximum Gasteiger partial charge on any atom is 0.387 e. The van der Waals surface area contributed by atoms with Crippen LogP contribution in [0.15, 0.2) is 67.0 Å². The largest absolute Gasteiger partial charge is 0.435 e. The van der Waals surface area contributed by atoms with Gasteiger partial charge in [-0.2, -0.15) is 19.0 Å². The Morgan fingerprint density at radius 1 is 1.19 bits per heavy atom. The molecule has 0 atom stereocenters. The Morgan fingerprint density at radius 3 is 2.74 bits per heavy atom. The summed E-state index contributed by atoms with van der Waals surface area (Å²) in [7, 11) is 0. The number of nitrogens with zero attached hydrogens (tertiary/aromatic N) is 3. The molecule has 0 unspecified atom stereocenters. The average Bonchev–Trinajstić information content (AvgIpc) is 3.38. The third kappa shape index (κ3) is 5.26. The lowest BCUT2D eigenvalue weighted by Crippen LogP contribution is -2.11. The molecule has 2 aromatic carbocycles. The highest BCUT2D eigenvalue weighted by molar-refractivity contribution is 6.30. The molecule has 0 spiro atoms. The summed E-state index contributed by atoms with van der Waals surface area (Å²) < 4.78 is 30.5. The molecule has 2 aromatic heterocycles. The van der Waals surface area contributed by atoms with E-state index in [9.17, 15) is 13.6 Å². The number of benzene rings is 2. The van der Waals surface area contributed by atoms with Crippen LogP contribution >= 0.6 is 11.6 Å². The lowest BCUT2D eigenvalue weighted by atomic mass is 10.1. The van der Waals surface area contributed by atoms with E-state index in [-0.39, 0.29) is 11.4 Å². The second-order valence-electron chi connectivity index (χ2n) is 6.58. The molecule has 2 heterocycles. The van der Waals surface area contributed by atoms with Gasteiger partial charge < -0.3 is 10.1 Å². The van der Waals surface area contributed by atoms with E-state index in [0.717, 1.165) is 5.56 Å². The first-order valence-corrected chi connectivity index (χ1v) is 9.53. The first kappa shape index (κ1) is 20.5. The number of aromatic amines is 1. The normalized spacial score (nSPS) is 11.0. The molecule has 0 aliphatic carbocycles. The Labute approximate surface area is 180 Å². The van der Waals surface area contributed by atoms with E-state index in [0.29, 0.717) is 28.5 Å². The average molecular weight is 444 g/mol. The van der Waals surface area contributed by atoms with Gasteiger partial charge in [-0.1, -0.05) is 23.7 Å². The maximum absolute atomic E-state index is 12.5. The van der Waals surface area contributed by atoms with Crippen molar-refractivity contribution in [2.75, 3.05) is 5.32 Å². The number of rotatable bonds is 7. The van der Waals surface area contributed by atoms with Gasteiger partial charge in [0.15, 0.2) is 0 Å². The highest BCUT2D eigenvalue weighted by atomic mass is 35.5. The molecule has 0 saturated heterocycles. The van der Waals surface area contributed by atoms with Gasteiger partial charge in [0, 0.05) is 16.8 Å². The zero-order valence-electron chi connectivity index (χ0n) is 15.9. The molecule has 4 aromatic rings. The fourth-order valence-corrected chi connectivity index (χ4v) is 3.14. The summed E-state index contributed by atoms with van der Waals surface area (Å²) in [5.74, 6) is -0.347. The van der Waals surface area contributed by atoms with Crippen molar-refractivity contribution < 1.29 is 18.3 Å². The minimum absolute atomic E-state index is 0.0436. The first-order valence-electron chi connectivity index (χ1n) is 9.15. The molecule has 0 aliphatic rings. The van der Waals surface area contributed by atoms with E-state index in [1.54, 1.807) is 41.3 Å². The molecule has 2 N–H and O–H groups in total. The molecule has 0 saturated carbocycles. The predicted octanol–water partition coefficient (Wildman–Crippen LogP) is 4.83. The third-order valence-corrected chi connectivity index (χ3v) is 4.56. The minimum atomic E-state index is -2.89. The Kier molecular flexibility index (Phi) is 5.94. The van der Waals surface area contributed by atoms with E-state index < -0.39 is 12.5 Å². The molecule has 4 rings (SSSR count). The number of halogens is 3. The number of carbonyl (C=O) groups excluding carboxylic acids is 1. The van der Waals surface area contributed by atoms with Gasteiger partial charge in [0.25, 0.3) is 5.91 Å². The monoisotopic (exact) mass is 443 g/mol. The van der Waals surface area contributed by atoms with Gasteiger partial charge in [0.05, 0.1) is 24.1 Å². The van der Waals surface area contributed by atoms with Crippen LogP contribution in [0.1, 0.15) is 16.1 Å². The molecular weight excluding hydrogens is 428 g/mol. The van der Waals surface area contributed by atoms with Crippen molar-refractivity contribution in [3.05, 3.63) is 83.3 Å². The van der Waals surface area contributed by atoms with Gasteiger partial charge in [-0.25, -0.2) is 0 Å². The predicted molar refractivity (Wildman–Crippen MR) is 111 cm³/mol. The molecule has 10 heteroatoms. The van der Waals surface area contributed by atoms with Crippen LogP contribution in [0.2, 0.25) is 5.02 Å². The summed E-state index contributed by atoms with van der Waals surface area (Å²) in [5.41, 5.74) is 2.88. The quantitative estimate of drug-likeness (QED) is 0.428. The molecule has 0 fully saturated rings. The molecular formula is C21H16ClF2N5O2. The molecule has 0 bridgehead atoms. The lowest BCUT2D eigenvalue weighted by Gasteiger charge is -2.04. The molecule has 0 aliphatic heterocycles. The zero-order chi connectivity index (χ0) is 21.8. The zero-order valence-corrected chi connectivity index (χ0v) is 16.7. The van der Waals surface area contributed by atoms with Gasteiger partial charge in [0.1, 0.15) is 11.4 Å². The van der Waals surface area contributed by atoms with E-state index in [1.807, 2.05) is 18.2 Å². The van der Waals surface area contributed by atoms with Crippen LogP contribution < -0.4 is 10.1 Å². The van der Waals surface area contributed by atoms with Crippen molar-refractivity contribution in [1.82, 2.24) is 20.0 Å². The van der Waals surface area contributed by atoms with Gasteiger partial charge in [0.2, 0.25) is 0 Å². The van der Waals surface area contributed by atoms with Gasteiger partial charge in [-0.15, -0.1) is 0 Å². The first-order chi connectivity index (χ1) is 15.0. The van der Waals surface area contributed by atoms with E-state index >= 15 is 0 Å². The van der Waals surface area contributed by atoms with Crippen molar-refractivity contribution in [2.24, 2.45) is 0 Å². The number of aromatic nitrogens is 4. The Hall–Kier alpha value is -3.72. The van der Waals surface area contributed by atoms with Gasteiger partial charge in [-0.05, 0) is 48.0 Å². The van der Waals surface area contributed by atoms with Crippen LogP contribution in [0.3, 0.4) is 0 Å². The Morgan fingerprint density at radius 2 is 2.00 bits per heavy atom. The number of H-pyrrole nitrogens is 1. The van der Waals surface area contributed by atoms with Crippen molar-refractivity contribution in [1.29, 1.82) is 0 Å². The molecule has 158 valence electrons. The van der Waals surface area contributed by atoms with Crippen molar-refractivity contribution in [2.45, 2.75) is 13.2 Å². The number of ether oxygens (including phenoxy) is 1. The number of carbonyl (C=O) groups is 1. The van der Waals surface area contributed by atoms with E-state index in [4.69, 9.17) is 11.6 Å². The van der Waals surface area contributed by atoms with Crippen LogP contribution in [0.25, 0.3) is 11.3 Å². The Balaban J connectivity index is 1.40. The Bertz CT molecular complexity index is 1190. The summed E-state index contributed by atoms with van der Waals surface area (Å²) in [5, 5.41) is 14.4. The van der Waals surface area contributed by atoms with Crippen LogP contribution in [-0.4, -0.2) is 32.5 Å². The van der Waals surface area contributed by atoms with E-state index in [1.165, 1.54) is 12.1 Å². The number of hydrogen-bond acceptors (Lipinski definition) is 4. The van der Waals surface area contributed by atoms with E-state index in [2.05, 4.69) is 25.3 Å². The second-order valence-corrected chi connectivity index (χ2v) is 7.02. The van der Waals surface area contributed by atoms with Gasteiger partial charge >= 0.3 is 6.61 Å². The number of nitrogens with one attached hydrogen (secondary N) is 2. The standard InChI is InChI=1S/C21H16ClF2N5O2/c22-15-3-1-2-13(8-15)11-29-12-16(10-25-29)26-20(30)19-9-18(27-28-19)14-4-6-17(7-5-14)31-21(23)24/h1-10,12,21H,11H2,(H,26,30)(H,27,28). The molecule has 7 nitrogen and oxygen atoms in total. The van der Waals surface area contributed by atoms with Crippen molar-refractivity contribution in [3.63, 3.8) is 0 Å². The topological polar surface area (TPSA) is 84.8 Å². The summed E-state index contributed by atoms with van der Waals surface area (Å²) >= 11 is 5.99. The van der Waals surface area contributed by atoms with Crippen LogP contribution in [0.4, 0.5) is 14.5 Å². The minimum Gasteiger partial charge on any atom is -0.435 e. The molecule has 31 heavy (non-hydrogen) atoms. The SMILES string of the molecule is O=C(Nc1cnn(Cc2cccc(Cl)c2)c1)c1cc(-c2ccc(OC(F)F)cc2)n[nH]1. The molecule has 0 radical (unpaired) electrons. The maximum atomic E-state index is 12.5. The number of alkyl halides is 2. The van der Waals surface area contributed by atoms with Crippen LogP contribution in [0, 0.1) is 0 Å². The lowest BCUT2D eigenvalue weighted by molar-refractivity contribution is -0.0498.